The van der Waals surface area contributed by atoms with Crippen molar-refractivity contribution in [1.82, 2.24) is 0 Å². The zero-order chi connectivity index (χ0) is 8.85. The Morgan fingerprint density at radius 1 is 1.27 bits per heavy atom. The Morgan fingerprint density at radius 2 is 1.82 bits per heavy atom. The summed E-state index contributed by atoms with van der Waals surface area (Å²) >= 11 is 0. The normalized spacial score (nSPS) is 11.5. The fourth-order valence-corrected chi connectivity index (χ4v) is 0.543. The number of hydrogen-bond acceptors (Lipinski definition) is 2. The number of carbonyl (C=O) groups excluding carboxylic acids is 1. The van der Waals surface area contributed by atoms with Crippen molar-refractivity contribution in [3.05, 3.63) is 12.2 Å². The highest BCUT2D eigenvalue weighted by Crippen LogP contribution is 1.95. The quantitative estimate of drug-likeness (QED) is 0.462. The van der Waals surface area contributed by atoms with Crippen LogP contribution in [0.3, 0.4) is 0 Å². The van der Waals surface area contributed by atoms with Crippen LogP contribution in [0.4, 0.5) is 0 Å². The maximum atomic E-state index is 10.8. The minimum Gasteiger partial charge on any atom is -0.460 e. The van der Waals surface area contributed by atoms with Gasteiger partial charge in [-0.25, -0.2) is 4.79 Å². The second kappa shape index (κ2) is 4.94. The van der Waals surface area contributed by atoms with Crippen molar-refractivity contribution >= 4 is 5.97 Å². The monoisotopic (exact) mass is 156 g/mol. The van der Waals surface area contributed by atoms with Gasteiger partial charge in [0.25, 0.3) is 0 Å². The van der Waals surface area contributed by atoms with Crippen LogP contribution in [0.1, 0.15) is 27.7 Å². The van der Waals surface area contributed by atoms with Crippen molar-refractivity contribution in [2.75, 3.05) is 0 Å². The topological polar surface area (TPSA) is 26.3 Å². The van der Waals surface area contributed by atoms with E-state index in [4.69, 9.17) is 4.74 Å². The Morgan fingerprint density at radius 3 is 2.18 bits per heavy atom. The number of hydrogen-bond donors (Lipinski definition) is 0. The molecule has 0 radical (unpaired) electrons. The first-order valence-electron chi connectivity index (χ1n) is 3.91. The lowest BCUT2D eigenvalue weighted by Gasteiger charge is -2.04. The molecular formula is C9H16O2. The summed E-state index contributed by atoms with van der Waals surface area (Å²) in [6.45, 7) is 7.69. The van der Waals surface area contributed by atoms with Gasteiger partial charge in [0.2, 0.25) is 0 Å². The zero-order valence-corrected chi connectivity index (χ0v) is 7.63. The van der Waals surface area contributed by atoms with Gasteiger partial charge in [0.15, 0.2) is 0 Å². The Bertz CT molecular complexity index is 146. The first-order valence-corrected chi connectivity index (χ1v) is 3.91. The molecule has 0 N–H and O–H groups in total. The molecule has 0 unspecified atom stereocenters. The second-order valence-corrected chi connectivity index (χ2v) is 3.09. The first kappa shape index (κ1) is 10.2. The summed E-state index contributed by atoms with van der Waals surface area (Å²) in [6.07, 6.45) is 3.27. The number of carbonyl (C=O) groups is 1. The summed E-state index contributed by atoms with van der Waals surface area (Å²) in [7, 11) is 0. The van der Waals surface area contributed by atoms with Gasteiger partial charge in [-0.1, -0.05) is 19.9 Å². The molecule has 0 aromatic heterocycles. The molecule has 0 saturated carbocycles. The molecule has 2 nitrogen and oxygen atoms in total. The van der Waals surface area contributed by atoms with Crippen LogP contribution in [-0.4, -0.2) is 12.1 Å². The Kier molecular flexibility index (Phi) is 4.59. The average Bonchev–Trinajstić information content (AvgIpc) is 1.82. The smallest absolute Gasteiger partial charge is 0.330 e. The fourth-order valence-electron chi connectivity index (χ4n) is 0.543. The summed E-state index contributed by atoms with van der Waals surface area (Å²) in [5, 5.41) is 0. The summed E-state index contributed by atoms with van der Waals surface area (Å²) < 4.78 is 4.87. The number of rotatable bonds is 3. The van der Waals surface area contributed by atoms with E-state index in [0.717, 1.165) is 0 Å². The van der Waals surface area contributed by atoms with E-state index >= 15 is 0 Å². The largest absolute Gasteiger partial charge is 0.460 e. The van der Waals surface area contributed by atoms with E-state index < -0.39 is 0 Å². The van der Waals surface area contributed by atoms with Gasteiger partial charge in [-0.15, -0.1) is 0 Å². The molecular weight excluding hydrogens is 140 g/mol. The predicted octanol–water partition coefficient (Wildman–Crippen LogP) is 2.15. The molecule has 0 aliphatic carbocycles. The lowest BCUT2D eigenvalue weighted by atomic mass is 10.2. The van der Waals surface area contributed by atoms with Crippen molar-refractivity contribution in [3.63, 3.8) is 0 Å². The van der Waals surface area contributed by atoms with E-state index in [2.05, 4.69) is 0 Å². The van der Waals surface area contributed by atoms with E-state index in [0.29, 0.717) is 5.92 Å². The first-order chi connectivity index (χ1) is 5.02. The molecule has 0 aliphatic rings. The molecule has 0 amide bonds. The molecule has 0 heterocycles. The average molecular weight is 156 g/mol. The SMILES string of the molecule is CC(C)/C=C\C(=O)OC(C)C. The summed E-state index contributed by atoms with van der Waals surface area (Å²) in [6, 6.07) is 0. The molecule has 0 rings (SSSR count). The summed E-state index contributed by atoms with van der Waals surface area (Å²) in [5.74, 6) is 0.142. The highest BCUT2D eigenvalue weighted by Gasteiger charge is 1.99. The molecule has 11 heavy (non-hydrogen) atoms. The molecule has 0 aliphatic heterocycles. The second-order valence-electron chi connectivity index (χ2n) is 3.09. The molecule has 0 atom stereocenters. The standard InChI is InChI=1S/C9H16O2/c1-7(2)5-6-9(10)11-8(3)4/h5-8H,1-4H3/b6-5-. The van der Waals surface area contributed by atoms with Crippen LogP contribution in [0.5, 0.6) is 0 Å². The lowest BCUT2D eigenvalue weighted by molar-refractivity contribution is -0.141. The van der Waals surface area contributed by atoms with Crippen LogP contribution < -0.4 is 0 Å². The number of ether oxygens (including phenoxy) is 1. The van der Waals surface area contributed by atoms with E-state index in [9.17, 15) is 4.79 Å². The molecule has 0 bridgehead atoms. The summed E-state index contributed by atoms with van der Waals surface area (Å²) in [5.41, 5.74) is 0. The molecule has 64 valence electrons. The Balaban J connectivity index is 3.69. The number of esters is 1. The van der Waals surface area contributed by atoms with Crippen molar-refractivity contribution in [2.45, 2.75) is 33.8 Å². The van der Waals surface area contributed by atoms with Crippen molar-refractivity contribution in [2.24, 2.45) is 5.92 Å². The van der Waals surface area contributed by atoms with Gasteiger partial charge in [-0.2, -0.15) is 0 Å². The van der Waals surface area contributed by atoms with Crippen molar-refractivity contribution in [1.29, 1.82) is 0 Å². The molecule has 0 aromatic carbocycles. The van der Waals surface area contributed by atoms with E-state index in [1.54, 1.807) is 0 Å². The molecule has 0 aromatic rings. The number of allylic oxidation sites excluding steroid dienone is 1. The third kappa shape index (κ3) is 7.10. The van der Waals surface area contributed by atoms with Crippen LogP contribution >= 0.6 is 0 Å². The molecule has 0 saturated heterocycles. The van der Waals surface area contributed by atoms with E-state index in [1.807, 2.05) is 33.8 Å². The van der Waals surface area contributed by atoms with Gasteiger partial charge in [-0.05, 0) is 19.8 Å². The molecule has 0 spiro atoms. The maximum Gasteiger partial charge on any atom is 0.330 e. The van der Waals surface area contributed by atoms with Gasteiger partial charge < -0.3 is 4.74 Å². The highest BCUT2D eigenvalue weighted by molar-refractivity contribution is 5.82. The van der Waals surface area contributed by atoms with Crippen LogP contribution in [0.25, 0.3) is 0 Å². The predicted molar refractivity (Wildman–Crippen MR) is 45.2 cm³/mol. The summed E-state index contributed by atoms with van der Waals surface area (Å²) in [4.78, 5) is 10.8. The van der Waals surface area contributed by atoms with Crippen molar-refractivity contribution in [3.8, 4) is 0 Å². The van der Waals surface area contributed by atoms with Gasteiger partial charge in [0, 0.05) is 6.08 Å². The molecule has 2 heteroatoms. The van der Waals surface area contributed by atoms with E-state index in [-0.39, 0.29) is 12.1 Å². The fraction of sp³-hybridized carbons (Fsp3) is 0.667. The van der Waals surface area contributed by atoms with Crippen LogP contribution in [0.2, 0.25) is 0 Å². The minimum absolute atomic E-state index is 0.0284. The lowest BCUT2D eigenvalue weighted by Crippen LogP contribution is -2.08. The third-order valence-corrected chi connectivity index (χ3v) is 0.969. The maximum absolute atomic E-state index is 10.8. The minimum atomic E-state index is -0.256. The van der Waals surface area contributed by atoms with Crippen molar-refractivity contribution < 1.29 is 9.53 Å². The Labute approximate surface area is 68.2 Å². The van der Waals surface area contributed by atoms with Gasteiger partial charge >= 0.3 is 5.97 Å². The zero-order valence-electron chi connectivity index (χ0n) is 7.63. The van der Waals surface area contributed by atoms with Crippen LogP contribution in [-0.2, 0) is 9.53 Å². The molecule has 0 fully saturated rings. The van der Waals surface area contributed by atoms with Gasteiger partial charge in [0.05, 0.1) is 6.10 Å². The van der Waals surface area contributed by atoms with Crippen LogP contribution in [0.15, 0.2) is 12.2 Å². The van der Waals surface area contributed by atoms with Crippen LogP contribution in [0, 0.1) is 5.92 Å². The van der Waals surface area contributed by atoms with E-state index in [1.165, 1.54) is 6.08 Å². The Hall–Kier alpha value is -0.790. The van der Waals surface area contributed by atoms with Gasteiger partial charge in [-0.3, -0.25) is 0 Å². The third-order valence-electron chi connectivity index (χ3n) is 0.969. The van der Waals surface area contributed by atoms with Gasteiger partial charge in [0.1, 0.15) is 0 Å². The highest BCUT2D eigenvalue weighted by atomic mass is 16.5.